The van der Waals surface area contributed by atoms with E-state index in [4.69, 9.17) is 0 Å². The number of benzene rings is 2. The van der Waals surface area contributed by atoms with Gasteiger partial charge in [0.2, 0.25) is 0 Å². The zero-order valence-corrected chi connectivity index (χ0v) is 15.2. The van der Waals surface area contributed by atoms with Gasteiger partial charge in [0, 0.05) is 25.5 Å². The molecule has 2 aliphatic rings. The molecule has 2 unspecified atom stereocenters. The normalized spacial score (nSPS) is 22.1. The zero-order chi connectivity index (χ0) is 17.7. The number of likely N-dealkylation sites (tertiary alicyclic amines) is 1. The van der Waals surface area contributed by atoms with Crippen LogP contribution in [0.5, 0.6) is 0 Å². The third kappa shape index (κ3) is 2.50. The molecule has 1 amide bonds. The summed E-state index contributed by atoms with van der Waals surface area (Å²) in [6, 6.07) is 14.5. The van der Waals surface area contributed by atoms with Crippen molar-refractivity contribution < 1.29 is 6.22 Å². The Hall–Kier alpha value is -2.40. The van der Waals surface area contributed by atoms with Crippen LogP contribution in [0, 0.1) is 0 Å². The van der Waals surface area contributed by atoms with Gasteiger partial charge in [0.05, 0.1) is 10.2 Å². The fraction of sp³-hybridized carbons (Fsp3) is 0.333. The van der Waals surface area contributed by atoms with Gasteiger partial charge in [-0.1, -0.05) is 35.6 Å². The number of aromatic amines is 1. The SMILES string of the molecule is O=C(c1ccc2[nH]c(=O)sc2c1)N1CCCC2c3ccccc3CCC21.[HH]. The van der Waals surface area contributed by atoms with Gasteiger partial charge >= 0.3 is 4.87 Å². The molecule has 4 nitrogen and oxygen atoms in total. The summed E-state index contributed by atoms with van der Waals surface area (Å²) >= 11 is 1.16. The lowest BCUT2D eigenvalue weighted by atomic mass is 9.74. The molecule has 5 heteroatoms. The van der Waals surface area contributed by atoms with E-state index in [-0.39, 0.29) is 18.2 Å². The van der Waals surface area contributed by atoms with Crippen LogP contribution in [-0.2, 0) is 6.42 Å². The Bertz CT molecular complexity index is 1060. The summed E-state index contributed by atoms with van der Waals surface area (Å²) in [4.78, 5) is 29.6. The summed E-state index contributed by atoms with van der Waals surface area (Å²) < 4.78 is 0.850. The van der Waals surface area contributed by atoms with Gasteiger partial charge < -0.3 is 9.88 Å². The summed E-state index contributed by atoms with van der Waals surface area (Å²) in [5.74, 6) is 0.548. The Labute approximate surface area is 157 Å². The molecule has 3 aromatic rings. The molecule has 1 saturated heterocycles. The highest BCUT2D eigenvalue weighted by Gasteiger charge is 2.38. The van der Waals surface area contributed by atoms with Crippen molar-refractivity contribution in [2.75, 3.05) is 6.54 Å². The summed E-state index contributed by atoms with van der Waals surface area (Å²) in [5, 5.41) is 0. The Kier molecular flexibility index (Phi) is 3.71. The van der Waals surface area contributed by atoms with Crippen LogP contribution >= 0.6 is 11.3 Å². The number of hydrogen-bond acceptors (Lipinski definition) is 3. The number of nitrogens with one attached hydrogen (secondary N) is 1. The first-order valence-corrected chi connectivity index (χ1v) is 10.0. The first-order valence-electron chi connectivity index (χ1n) is 9.22. The fourth-order valence-electron chi connectivity index (χ4n) is 4.70. The van der Waals surface area contributed by atoms with Gasteiger partial charge in [-0.15, -0.1) is 0 Å². The number of carbonyl (C=O) groups is 1. The number of piperidine rings is 1. The standard InChI is InChI=1S/C21H20N2O2S.H2/c24-20(14-7-9-17-19(12-14)26-21(25)22-17)23-11-3-6-16-15-5-2-1-4-13(15)8-10-18(16)23;/h1-2,4-5,7,9,12,16,18H,3,6,8,10-11H2,(H,22,25);1H. The molecular formula is C21H22N2O2S. The molecule has 1 aromatic heterocycles. The number of rotatable bonds is 1. The van der Waals surface area contributed by atoms with Gasteiger partial charge in [-0.3, -0.25) is 9.59 Å². The lowest BCUT2D eigenvalue weighted by Crippen LogP contribution is -2.49. The number of carbonyl (C=O) groups excluding carboxylic acids is 1. The second kappa shape index (κ2) is 6.09. The molecule has 0 spiro atoms. The predicted octanol–water partition coefficient (Wildman–Crippen LogP) is 4.17. The highest BCUT2D eigenvalue weighted by atomic mass is 32.1. The highest BCUT2D eigenvalue weighted by molar-refractivity contribution is 7.16. The van der Waals surface area contributed by atoms with Crippen molar-refractivity contribution in [2.45, 2.75) is 37.6 Å². The molecule has 2 atom stereocenters. The monoisotopic (exact) mass is 366 g/mol. The van der Waals surface area contributed by atoms with Crippen LogP contribution in [-0.4, -0.2) is 28.4 Å². The van der Waals surface area contributed by atoms with Gasteiger partial charge in [0.1, 0.15) is 0 Å². The molecule has 5 rings (SSSR count). The number of hydrogen-bond donors (Lipinski definition) is 1. The van der Waals surface area contributed by atoms with Gasteiger partial charge in [-0.25, -0.2) is 0 Å². The molecule has 0 bridgehead atoms. The van der Waals surface area contributed by atoms with Crippen molar-refractivity contribution in [2.24, 2.45) is 0 Å². The van der Waals surface area contributed by atoms with Crippen LogP contribution in [0.4, 0.5) is 0 Å². The third-order valence-electron chi connectivity index (χ3n) is 5.87. The van der Waals surface area contributed by atoms with E-state index in [1.807, 2.05) is 18.2 Å². The molecule has 2 heterocycles. The Balaban J connectivity index is 0.00000180. The van der Waals surface area contributed by atoms with Crippen molar-refractivity contribution >= 4 is 27.5 Å². The topological polar surface area (TPSA) is 53.2 Å². The molecule has 2 aromatic carbocycles. The predicted molar refractivity (Wildman–Crippen MR) is 106 cm³/mol. The second-order valence-corrected chi connectivity index (χ2v) is 8.29. The van der Waals surface area contributed by atoms with Crippen LogP contribution in [0.15, 0.2) is 47.3 Å². The van der Waals surface area contributed by atoms with E-state index in [1.165, 1.54) is 11.1 Å². The fourth-order valence-corrected chi connectivity index (χ4v) is 5.48. The van der Waals surface area contributed by atoms with Gasteiger partial charge in [-0.2, -0.15) is 0 Å². The maximum Gasteiger partial charge on any atom is 0.305 e. The molecular weight excluding hydrogens is 344 g/mol. The summed E-state index contributed by atoms with van der Waals surface area (Å²) in [6.07, 6.45) is 4.28. The van der Waals surface area contributed by atoms with E-state index >= 15 is 0 Å². The quantitative estimate of drug-likeness (QED) is 0.703. The van der Waals surface area contributed by atoms with Crippen LogP contribution in [0.1, 0.15) is 48.1 Å². The molecule has 134 valence electrons. The van der Waals surface area contributed by atoms with E-state index in [2.05, 4.69) is 34.1 Å². The van der Waals surface area contributed by atoms with E-state index in [9.17, 15) is 9.59 Å². The summed E-state index contributed by atoms with van der Waals surface area (Å²) in [7, 11) is 0. The van der Waals surface area contributed by atoms with Gasteiger partial charge in [0.25, 0.3) is 5.91 Å². The minimum atomic E-state index is -0.0773. The Morgan fingerprint density at radius 1 is 1.19 bits per heavy atom. The number of amides is 1. The van der Waals surface area contributed by atoms with E-state index < -0.39 is 0 Å². The molecule has 1 fully saturated rings. The highest BCUT2D eigenvalue weighted by Crippen LogP contribution is 2.41. The van der Waals surface area contributed by atoms with Crippen molar-refractivity contribution in [3.63, 3.8) is 0 Å². The number of H-pyrrole nitrogens is 1. The zero-order valence-electron chi connectivity index (χ0n) is 14.4. The van der Waals surface area contributed by atoms with Crippen LogP contribution in [0.2, 0.25) is 0 Å². The molecule has 1 aliphatic carbocycles. The van der Waals surface area contributed by atoms with Gasteiger partial charge in [-0.05, 0) is 55.0 Å². The van der Waals surface area contributed by atoms with Crippen LogP contribution in [0.3, 0.4) is 0 Å². The van der Waals surface area contributed by atoms with Crippen LogP contribution < -0.4 is 4.87 Å². The lowest BCUT2D eigenvalue weighted by molar-refractivity contribution is 0.0547. The molecule has 1 N–H and O–H groups in total. The number of aromatic nitrogens is 1. The van der Waals surface area contributed by atoms with Crippen molar-refractivity contribution in [3.8, 4) is 0 Å². The maximum absolute atomic E-state index is 13.3. The van der Waals surface area contributed by atoms with Crippen molar-refractivity contribution in [1.82, 2.24) is 9.88 Å². The largest absolute Gasteiger partial charge is 0.335 e. The summed E-state index contributed by atoms with van der Waals surface area (Å²) in [5.41, 5.74) is 4.37. The number of nitrogens with zero attached hydrogens (tertiary/aromatic N) is 1. The lowest BCUT2D eigenvalue weighted by Gasteiger charge is -2.45. The van der Waals surface area contributed by atoms with Crippen LogP contribution in [0.25, 0.3) is 10.2 Å². The first kappa shape index (κ1) is 15.8. The maximum atomic E-state index is 13.3. The smallest absolute Gasteiger partial charge is 0.305 e. The summed E-state index contributed by atoms with van der Waals surface area (Å²) in [6.45, 7) is 0.823. The minimum absolute atomic E-state index is 0. The second-order valence-electron chi connectivity index (χ2n) is 7.28. The molecule has 0 saturated carbocycles. The third-order valence-corrected chi connectivity index (χ3v) is 6.72. The molecule has 0 radical (unpaired) electrons. The van der Waals surface area contributed by atoms with E-state index in [0.717, 1.165) is 53.8 Å². The number of aryl methyl sites for hydroxylation is 1. The van der Waals surface area contributed by atoms with E-state index in [0.29, 0.717) is 11.5 Å². The average molecular weight is 366 g/mol. The number of thiazole rings is 1. The first-order chi connectivity index (χ1) is 12.7. The minimum Gasteiger partial charge on any atom is -0.335 e. The van der Waals surface area contributed by atoms with Crippen molar-refractivity contribution in [1.29, 1.82) is 0 Å². The molecule has 1 aliphatic heterocycles. The Morgan fingerprint density at radius 2 is 2.08 bits per heavy atom. The van der Waals surface area contributed by atoms with E-state index in [1.54, 1.807) is 0 Å². The van der Waals surface area contributed by atoms with Crippen molar-refractivity contribution in [3.05, 3.63) is 68.8 Å². The average Bonchev–Trinajstić information content (AvgIpc) is 3.06. The number of fused-ring (bicyclic) bond motifs is 4. The van der Waals surface area contributed by atoms with Gasteiger partial charge in [0.15, 0.2) is 0 Å². The molecule has 26 heavy (non-hydrogen) atoms. The Morgan fingerprint density at radius 3 is 3.00 bits per heavy atom.